The number of rotatable bonds is 6. The Kier molecular flexibility index (Phi) is 5.51. The van der Waals surface area contributed by atoms with Crippen LogP contribution in [-0.2, 0) is 0 Å². The zero-order valence-corrected chi connectivity index (χ0v) is 16.1. The number of hydrogen-bond acceptors (Lipinski definition) is 8. The van der Waals surface area contributed by atoms with Gasteiger partial charge in [-0.1, -0.05) is 5.10 Å². The molecule has 0 fully saturated rings. The van der Waals surface area contributed by atoms with E-state index in [0.717, 1.165) is 22.6 Å². The van der Waals surface area contributed by atoms with Gasteiger partial charge in [0.05, 0.1) is 26.9 Å². The lowest BCUT2D eigenvalue weighted by Crippen LogP contribution is -2.14. The Bertz CT molecular complexity index is 974. The molecule has 0 saturated heterocycles. The molecule has 3 rings (SSSR count). The topological polar surface area (TPSA) is 95.5 Å². The molecule has 1 amide bonds. The van der Waals surface area contributed by atoms with E-state index in [0.29, 0.717) is 33.0 Å². The van der Waals surface area contributed by atoms with E-state index < -0.39 is 0 Å². The zero-order chi connectivity index (χ0) is 19.4. The molecule has 3 aromatic rings. The van der Waals surface area contributed by atoms with E-state index in [4.69, 9.17) is 14.2 Å². The van der Waals surface area contributed by atoms with Crippen LogP contribution in [0.3, 0.4) is 0 Å². The second kappa shape index (κ2) is 8.00. The molecular weight excluding hydrogens is 368 g/mol. The quantitative estimate of drug-likeness (QED) is 0.695. The van der Waals surface area contributed by atoms with Gasteiger partial charge in [-0.05, 0) is 36.5 Å². The third-order valence-corrected chi connectivity index (χ3v) is 4.59. The molecule has 0 unspecified atom stereocenters. The van der Waals surface area contributed by atoms with Gasteiger partial charge in [-0.25, -0.2) is 0 Å². The molecule has 0 atom stereocenters. The van der Waals surface area contributed by atoms with Crippen molar-refractivity contribution in [2.45, 2.75) is 6.92 Å². The standard InChI is InChI=1S/C18H18N4O4S/c1-10-7-13(12-6-5-11(24-2)8-15(12)25-3)14(9-19-10)16(23)20-17-21-22-18(26-4)27-17/h5-9H,1-4H3,(H,20,21,23). The van der Waals surface area contributed by atoms with Crippen molar-refractivity contribution < 1.29 is 19.0 Å². The van der Waals surface area contributed by atoms with Crippen LogP contribution >= 0.6 is 11.3 Å². The lowest BCUT2D eigenvalue weighted by Gasteiger charge is -2.14. The number of methoxy groups -OCH3 is 3. The fourth-order valence-corrected chi connectivity index (χ4v) is 3.05. The average Bonchev–Trinajstić information content (AvgIpc) is 3.14. The molecule has 8 nitrogen and oxygen atoms in total. The molecule has 0 aliphatic heterocycles. The molecule has 9 heteroatoms. The fraction of sp³-hybridized carbons (Fsp3) is 0.222. The van der Waals surface area contributed by atoms with Gasteiger partial charge >= 0.3 is 0 Å². The molecule has 0 bridgehead atoms. The van der Waals surface area contributed by atoms with Gasteiger partial charge in [-0.15, -0.1) is 5.10 Å². The summed E-state index contributed by atoms with van der Waals surface area (Å²) in [5.74, 6) is 0.897. The van der Waals surface area contributed by atoms with Crippen molar-refractivity contribution in [2.75, 3.05) is 26.6 Å². The number of carbonyl (C=O) groups is 1. The van der Waals surface area contributed by atoms with Crippen LogP contribution in [0.2, 0.25) is 0 Å². The maximum Gasteiger partial charge on any atom is 0.295 e. The van der Waals surface area contributed by atoms with E-state index in [9.17, 15) is 4.79 Å². The lowest BCUT2D eigenvalue weighted by molar-refractivity contribution is 0.102. The number of ether oxygens (including phenoxy) is 3. The minimum absolute atomic E-state index is 0.338. The summed E-state index contributed by atoms with van der Waals surface area (Å²) < 4.78 is 15.7. The number of amides is 1. The highest BCUT2D eigenvalue weighted by Gasteiger charge is 2.19. The highest BCUT2D eigenvalue weighted by Crippen LogP contribution is 2.35. The van der Waals surface area contributed by atoms with Gasteiger partial charge in [-0.2, -0.15) is 0 Å². The van der Waals surface area contributed by atoms with Gasteiger partial charge in [0.25, 0.3) is 11.1 Å². The maximum absolute atomic E-state index is 12.8. The van der Waals surface area contributed by atoms with Crippen LogP contribution in [0.25, 0.3) is 11.1 Å². The van der Waals surface area contributed by atoms with Gasteiger partial charge in [0.15, 0.2) is 0 Å². The largest absolute Gasteiger partial charge is 0.497 e. The number of anilines is 1. The van der Waals surface area contributed by atoms with Crippen molar-refractivity contribution in [1.29, 1.82) is 0 Å². The van der Waals surface area contributed by atoms with Gasteiger partial charge < -0.3 is 14.2 Å². The van der Waals surface area contributed by atoms with Crippen molar-refractivity contribution in [2.24, 2.45) is 0 Å². The smallest absolute Gasteiger partial charge is 0.295 e. The summed E-state index contributed by atoms with van der Waals surface area (Å²) in [6.45, 7) is 1.86. The van der Waals surface area contributed by atoms with Gasteiger partial charge in [0, 0.05) is 29.1 Å². The van der Waals surface area contributed by atoms with Crippen LogP contribution in [0.15, 0.2) is 30.5 Å². The number of benzene rings is 1. The molecule has 140 valence electrons. The summed E-state index contributed by atoms with van der Waals surface area (Å²) in [7, 11) is 4.64. The summed E-state index contributed by atoms with van der Waals surface area (Å²) in [6.07, 6.45) is 1.53. The lowest BCUT2D eigenvalue weighted by atomic mass is 9.99. The first kappa shape index (κ1) is 18.6. The molecule has 0 saturated carbocycles. The van der Waals surface area contributed by atoms with Gasteiger partial charge in [-0.3, -0.25) is 15.1 Å². The predicted octanol–water partition coefficient (Wildman–Crippen LogP) is 3.19. The Labute approximate surface area is 160 Å². The Hall–Kier alpha value is -3.20. The zero-order valence-electron chi connectivity index (χ0n) is 15.3. The number of hydrogen-bond donors (Lipinski definition) is 1. The van der Waals surface area contributed by atoms with Crippen molar-refractivity contribution in [1.82, 2.24) is 15.2 Å². The highest BCUT2D eigenvalue weighted by molar-refractivity contribution is 7.17. The highest BCUT2D eigenvalue weighted by atomic mass is 32.1. The summed E-state index contributed by atoms with van der Waals surface area (Å²) >= 11 is 1.14. The van der Waals surface area contributed by atoms with E-state index >= 15 is 0 Å². The summed E-state index contributed by atoms with van der Waals surface area (Å²) in [5.41, 5.74) is 2.61. The molecule has 0 aliphatic rings. The minimum Gasteiger partial charge on any atom is -0.497 e. The molecule has 0 aliphatic carbocycles. The Balaban J connectivity index is 2.01. The van der Waals surface area contributed by atoms with Crippen LogP contribution in [0, 0.1) is 6.92 Å². The van der Waals surface area contributed by atoms with Crippen molar-refractivity contribution >= 4 is 22.4 Å². The molecule has 1 aromatic carbocycles. The SMILES string of the molecule is COc1ccc(-c2cc(C)ncc2C(=O)Nc2nnc(OC)s2)c(OC)c1. The number of carbonyl (C=O) groups excluding carboxylic acids is 1. The van der Waals surface area contributed by atoms with Crippen LogP contribution in [0.5, 0.6) is 16.7 Å². The van der Waals surface area contributed by atoms with Gasteiger partial charge in [0.1, 0.15) is 11.5 Å². The number of nitrogens with one attached hydrogen (secondary N) is 1. The number of pyridine rings is 1. The monoisotopic (exact) mass is 386 g/mol. The van der Waals surface area contributed by atoms with Crippen LogP contribution < -0.4 is 19.5 Å². The van der Waals surface area contributed by atoms with Gasteiger partial charge in [0.2, 0.25) is 5.13 Å². The van der Waals surface area contributed by atoms with Crippen molar-refractivity contribution in [3.8, 4) is 27.8 Å². The average molecular weight is 386 g/mol. The Morgan fingerprint density at radius 1 is 1.04 bits per heavy atom. The molecule has 27 heavy (non-hydrogen) atoms. The van der Waals surface area contributed by atoms with Crippen LogP contribution in [0.4, 0.5) is 5.13 Å². The van der Waals surface area contributed by atoms with Crippen molar-refractivity contribution in [3.63, 3.8) is 0 Å². The molecule has 0 radical (unpaired) electrons. The predicted molar refractivity (Wildman–Crippen MR) is 102 cm³/mol. The van der Waals surface area contributed by atoms with E-state index in [-0.39, 0.29) is 5.91 Å². The Morgan fingerprint density at radius 3 is 2.52 bits per heavy atom. The first-order valence-electron chi connectivity index (χ1n) is 7.93. The first-order valence-corrected chi connectivity index (χ1v) is 8.75. The Morgan fingerprint density at radius 2 is 1.85 bits per heavy atom. The number of nitrogens with zero attached hydrogens (tertiary/aromatic N) is 3. The number of aromatic nitrogens is 3. The molecule has 0 spiro atoms. The first-order chi connectivity index (χ1) is 13.0. The normalized spacial score (nSPS) is 10.4. The van der Waals surface area contributed by atoms with Crippen LogP contribution in [0.1, 0.15) is 16.1 Å². The van der Waals surface area contributed by atoms with Crippen LogP contribution in [-0.4, -0.2) is 42.4 Å². The summed E-state index contributed by atoms with van der Waals surface area (Å²) in [5, 5.41) is 11.1. The molecular formula is C18H18N4O4S. The van der Waals surface area contributed by atoms with E-state index in [2.05, 4.69) is 20.5 Å². The number of aryl methyl sites for hydroxylation is 1. The third kappa shape index (κ3) is 3.98. The van der Waals surface area contributed by atoms with E-state index in [1.54, 1.807) is 20.3 Å². The second-order valence-corrected chi connectivity index (χ2v) is 6.41. The molecule has 2 heterocycles. The fourth-order valence-electron chi connectivity index (χ4n) is 2.49. The second-order valence-electron chi connectivity index (χ2n) is 5.47. The summed E-state index contributed by atoms with van der Waals surface area (Å²) in [6, 6.07) is 7.25. The van der Waals surface area contributed by atoms with Crippen molar-refractivity contribution in [3.05, 3.63) is 41.7 Å². The van der Waals surface area contributed by atoms with E-state index in [1.807, 2.05) is 25.1 Å². The maximum atomic E-state index is 12.8. The molecule has 1 N–H and O–H groups in total. The van der Waals surface area contributed by atoms with E-state index in [1.165, 1.54) is 13.3 Å². The minimum atomic E-state index is -0.353. The summed E-state index contributed by atoms with van der Waals surface area (Å²) in [4.78, 5) is 17.1. The third-order valence-electron chi connectivity index (χ3n) is 3.79. The molecule has 2 aromatic heterocycles.